The Kier molecular flexibility index (Phi) is 6.30. The molecule has 6 nitrogen and oxygen atoms in total. The van der Waals surface area contributed by atoms with Gasteiger partial charge in [0, 0.05) is 22.6 Å². The minimum atomic E-state index is -0.198. The molecule has 0 spiro atoms. The van der Waals surface area contributed by atoms with Gasteiger partial charge < -0.3 is 14.2 Å². The van der Waals surface area contributed by atoms with E-state index in [9.17, 15) is 4.79 Å². The highest BCUT2D eigenvalue weighted by molar-refractivity contribution is 7.16. The summed E-state index contributed by atoms with van der Waals surface area (Å²) in [6.45, 7) is 3.34. The fourth-order valence-electron chi connectivity index (χ4n) is 3.30. The molecule has 2 heterocycles. The van der Waals surface area contributed by atoms with E-state index in [1.807, 2.05) is 31.2 Å². The highest BCUT2D eigenvalue weighted by atomic mass is 32.1. The molecular formula is C23H24N2O4S. The molecule has 2 aromatic carbocycles. The highest BCUT2D eigenvalue weighted by Gasteiger charge is 2.16. The van der Waals surface area contributed by atoms with Crippen molar-refractivity contribution >= 4 is 22.4 Å². The largest absolute Gasteiger partial charge is 0.497 e. The number of hydrogen-bond acceptors (Lipinski definition) is 6. The average Bonchev–Trinajstić information content (AvgIpc) is 3.42. The van der Waals surface area contributed by atoms with Crippen LogP contribution in [0.2, 0.25) is 0 Å². The molecule has 0 saturated carbocycles. The number of nitrogens with zero attached hydrogens (tertiary/aromatic N) is 1. The molecule has 4 rings (SSSR count). The predicted octanol–water partition coefficient (Wildman–Crippen LogP) is 4.94. The van der Waals surface area contributed by atoms with Gasteiger partial charge in [-0.2, -0.15) is 0 Å². The Hall–Kier alpha value is -2.90. The van der Waals surface area contributed by atoms with Crippen molar-refractivity contribution in [3.8, 4) is 22.8 Å². The van der Waals surface area contributed by atoms with Crippen LogP contribution in [0, 0.1) is 6.92 Å². The Bertz CT molecular complexity index is 993. The summed E-state index contributed by atoms with van der Waals surface area (Å²) in [5.74, 6) is 1.33. The minimum absolute atomic E-state index is 0.168. The number of methoxy groups -OCH3 is 1. The third kappa shape index (κ3) is 4.80. The molecule has 30 heavy (non-hydrogen) atoms. The van der Waals surface area contributed by atoms with E-state index in [1.165, 1.54) is 11.3 Å². The fourth-order valence-corrected chi connectivity index (χ4v) is 4.13. The highest BCUT2D eigenvalue weighted by Crippen LogP contribution is 2.31. The molecule has 7 heteroatoms. The van der Waals surface area contributed by atoms with Crippen molar-refractivity contribution in [2.75, 3.05) is 25.6 Å². The van der Waals surface area contributed by atoms with Gasteiger partial charge in [-0.1, -0.05) is 0 Å². The third-order valence-corrected chi connectivity index (χ3v) is 5.84. The van der Waals surface area contributed by atoms with Crippen LogP contribution in [0.25, 0.3) is 11.3 Å². The third-order valence-electron chi connectivity index (χ3n) is 4.96. The van der Waals surface area contributed by atoms with Gasteiger partial charge in [-0.3, -0.25) is 10.1 Å². The smallest absolute Gasteiger partial charge is 0.257 e. The maximum Gasteiger partial charge on any atom is 0.257 e. The number of nitrogens with one attached hydrogen (secondary N) is 1. The maximum atomic E-state index is 12.6. The molecule has 0 unspecified atom stereocenters. The topological polar surface area (TPSA) is 69.7 Å². The number of anilines is 1. The van der Waals surface area contributed by atoms with Crippen molar-refractivity contribution in [1.82, 2.24) is 4.98 Å². The number of hydrogen-bond donors (Lipinski definition) is 1. The summed E-state index contributed by atoms with van der Waals surface area (Å²) < 4.78 is 16.5. The van der Waals surface area contributed by atoms with Crippen LogP contribution < -0.4 is 14.8 Å². The number of carbonyl (C=O) groups is 1. The molecule has 1 aliphatic rings. The average molecular weight is 425 g/mol. The van der Waals surface area contributed by atoms with Crippen LogP contribution in [0.5, 0.6) is 11.5 Å². The SMILES string of the molecule is COc1ccc(-c2nc(NC(=O)c3ccc(OC[C@H]4CCCO4)cc3)sc2C)cc1. The molecule has 1 saturated heterocycles. The van der Waals surface area contributed by atoms with Crippen LogP contribution in [0.4, 0.5) is 5.13 Å². The maximum absolute atomic E-state index is 12.6. The summed E-state index contributed by atoms with van der Waals surface area (Å²) in [7, 11) is 1.64. The molecule has 1 aromatic heterocycles. The lowest BCUT2D eigenvalue weighted by Crippen LogP contribution is -2.16. The van der Waals surface area contributed by atoms with Crippen LogP contribution in [-0.4, -0.2) is 37.3 Å². The molecule has 0 radical (unpaired) electrons. The van der Waals surface area contributed by atoms with Gasteiger partial charge in [0.2, 0.25) is 0 Å². The number of rotatable bonds is 7. The van der Waals surface area contributed by atoms with E-state index in [4.69, 9.17) is 14.2 Å². The Morgan fingerprint density at radius 1 is 1.17 bits per heavy atom. The first kappa shape index (κ1) is 20.4. The van der Waals surface area contributed by atoms with Gasteiger partial charge in [-0.15, -0.1) is 11.3 Å². The zero-order valence-electron chi connectivity index (χ0n) is 17.0. The Morgan fingerprint density at radius 2 is 1.90 bits per heavy atom. The van der Waals surface area contributed by atoms with Crippen molar-refractivity contribution < 1.29 is 19.0 Å². The summed E-state index contributed by atoms with van der Waals surface area (Å²) >= 11 is 1.45. The van der Waals surface area contributed by atoms with Gasteiger partial charge in [0.05, 0.1) is 18.9 Å². The molecule has 3 aromatic rings. The first-order chi connectivity index (χ1) is 14.6. The number of carbonyl (C=O) groups excluding carboxylic acids is 1. The number of ether oxygens (including phenoxy) is 3. The minimum Gasteiger partial charge on any atom is -0.497 e. The van der Waals surface area contributed by atoms with Crippen molar-refractivity contribution in [3.63, 3.8) is 0 Å². The normalized spacial score (nSPS) is 15.7. The van der Waals surface area contributed by atoms with E-state index in [0.29, 0.717) is 17.3 Å². The summed E-state index contributed by atoms with van der Waals surface area (Å²) in [6, 6.07) is 14.8. The Morgan fingerprint density at radius 3 is 2.57 bits per heavy atom. The van der Waals surface area contributed by atoms with E-state index in [1.54, 1.807) is 31.4 Å². The van der Waals surface area contributed by atoms with E-state index in [2.05, 4.69) is 10.3 Å². The summed E-state index contributed by atoms with van der Waals surface area (Å²) in [4.78, 5) is 18.2. The fraction of sp³-hybridized carbons (Fsp3) is 0.304. The van der Waals surface area contributed by atoms with E-state index in [0.717, 1.165) is 47.1 Å². The number of benzene rings is 2. The number of aromatic nitrogens is 1. The second kappa shape index (κ2) is 9.28. The first-order valence-electron chi connectivity index (χ1n) is 9.90. The number of aryl methyl sites for hydroxylation is 1. The standard InChI is InChI=1S/C23H24N2O4S/c1-15-21(16-5-9-18(27-2)10-6-16)24-23(30-15)25-22(26)17-7-11-19(12-8-17)29-14-20-4-3-13-28-20/h5-12,20H,3-4,13-14H2,1-2H3,(H,24,25,26)/t20-/m1/s1. The molecule has 0 aliphatic carbocycles. The molecule has 0 bridgehead atoms. The van der Waals surface area contributed by atoms with Gasteiger partial charge in [-0.05, 0) is 68.3 Å². The first-order valence-corrected chi connectivity index (χ1v) is 10.7. The van der Waals surface area contributed by atoms with Crippen molar-refractivity contribution in [2.45, 2.75) is 25.9 Å². The van der Waals surface area contributed by atoms with E-state index >= 15 is 0 Å². The summed E-state index contributed by atoms with van der Waals surface area (Å²) in [5.41, 5.74) is 2.40. The van der Waals surface area contributed by atoms with Crippen LogP contribution in [0.3, 0.4) is 0 Å². The molecule has 156 valence electrons. The lowest BCUT2D eigenvalue weighted by molar-refractivity contribution is 0.0679. The van der Waals surface area contributed by atoms with E-state index in [-0.39, 0.29) is 12.0 Å². The molecule has 1 N–H and O–H groups in total. The van der Waals surface area contributed by atoms with Crippen LogP contribution in [0.15, 0.2) is 48.5 Å². The quantitative estimate of drug-likeness (QED) is 0.582. The zero-order chi connectivity index (χ0) is 20.9. The Labute approximate surface area is 179 Å². The van der Waals surface area contributed by atoms with Crippen LogP contribution >= 0.6 is 11.3 Å². The summed E-state index contributed by atoms with van der Waals surface area (Å²) in [6.07, 6.45) is 2.29. The van der Waals surface area contributed by atoms with Crippen LogP contribution in [-0.2, 0) is 4.74 Å². The lowest BCUT2D eigenvalue weighted by atomic mass is 10.1. The molecule has 1 fully saturated rings. The predicted molar refractivity (Wildman–Crippen MR) is 118 cm³/mol. The van der Waals surface area contributed by atoms with Crippen molar-refractivity contribution in [3.05, 3.63) is 59.0 Å². The summed E-state index contributed by atoms with van der Waals surface area (Å²) in [5, 5.41) is 3.46. The second-order valence-electron chi connectivity index (χ2n) is 7.08. The van der Waals surface area contributed by atoms with Gasteiger partial charge in [0.1, 0.15) is 18.1 Å². The second-order valence-corrected chi connectivity index (χ2v) is 8.28. The van der Waals surface area contributed by atoms with Gasteiger partial charge in [0.15, 0.2) is 5.13 Å². The van der Waals surface area contributed by atoms with Gasteiger partial charge >= 0.3 is 0 Å². The van der Waals surface area contributed by atoms with Crippen molar-refractivity contribution in [1.29, 1.82) is 0 Å². The number of amides is 1. The lowest BCUT2D eigenvalue weighted by Gasteiger charge is -2.11. The monoisotopic (exact) mass is 424 g/mol. The molecule has 1 amide bonds. The van der Waals surface area contributed by atoms with Crippen molar-refractivity contribution in [2.24, 2.45) is 0 Å². The van der Waals surface area contributed by atoms with Gasteiger partial charge in [-0.25, -0.2) is 4.98 Å². The molecular weight excluding hydrogens is 400 g/mol. The molecule has 1 atom stereocenters. The van der Waals surface area contributed by atoms with Gasteiger partial charge in [0.25, 0.3) is 5.91 Å². The number of thiazole rings is 1. The Balaban J connectivity index is 1.38. The molecule has 1 aliphatic heterocycles. The zero-order valence-corrected chi connectivity index (χ0v) is 17.8. The van der Waals surface area contributed by atoms with Crippen LogP contribution in [0.1, 0.15) is 28.1 Å². The van der Waals surface area contributed by atoms with E-state index < -0.39 is 0 Å².